The van der Waals surface area contributed by atoms with Crippen LogP contribution in [0.2, 0.25) is 0 Å². The molecule has 0 saturated heterocycles. The Morgan fingerprint density at radius 3 is 1.62 bits per heavy atom. The zero-order valence-corrected chi connectivity index (χ0v) is 36.8. The zero-order valence-electron chi connectivity index (χ0n) is 36.8. The largest absolute Gasteiger partial charge is 0.456 e. The van der Waals surface area contributed by atoms with Gasteiger partial charge in [-0.1, -0.05) is 180 Å². The Balaban J connectivity index is 1.03. The molecule has 13 rings (SSSR count). The number of hydrogen-bond acceptors (Lipinski definition) is 2. The molecule has 2 heteroatoms. The number of benzene rings is 9. The standard InChI is InChI=1S/C62H47NO/c1-60(2,3)39-27-32-47-44-15-7-11-22-53(44)62(55(47)35-39)54-23-12-8-16-45(54)48-33-30-41(36-56(48)62)63(42-31-34-50-49-18-9-13-24-57(49)64-58(50)37-42)40-28-25-38(26-29-40)43-19-14-20-51-46-17-6-10-21-52(46)61(4,5)59(43)51/h6-37H,1-5H3. The van der Waals surface area contributed by atoms with E-state index in [1.165, 1.54) is 83.5 Å². The maximum atomic E-state index is 6.56. The van der Waals surface area contributed by atoms with E-state index in [0.717, 1.165) is 39.0 Å². The lowest BCUT2D eigenvalue weighted by molar-refractivity contribution is 0.588. The Hall–Kier alpha value is -7.42. The quantitative estimate of drug-likeness (QED) is 0.176. The monoisotopic (exact) mass is 821 g/mol. The maximum Gasteiger partial charge on any atom is 0.137 e. The molecule has 3 aliphatic rings. The first-order chi connectivity index (χ1) is 31.1. The summed E-state index contributed by atoms with van der Waals surface area (Å²) in [6.07, 6.45) is 0. The van der Waals surface area contributed by atoms with E-state index in [0.29, 0.717) is 0 Å². The van der Waals surface area contributed by atoms with E-state index in [9.17, 15) is 0 Å². The molecule has 1 spiro atoms. The second-order valence-electron chi connectivity index (χ2n) is 19.6. The average Bonchev–Trinajstić information content (AvgIpc) is 4.01. The van der Waals surface area contributed by atoms with E-state index in [-0.39, 0.29) is 10.8 Å². The topological polar surface area (TPSA) is 16.4 Å². The molecule has 1 heterocycles. The first kappa shape index (κ1) is 37.2. The van der Waals surface area contributed by atoms with Gasteiger partial charge in [-0.05, 0) is 131 Å². The summed E-state index contributed by atoms with van der Waals surface area (Å²) in [5, 5.41) is 2.25. The van der Waals surface area contributed by atoms with Crippen LogP contribution in [0, 0.1) is 0 Å². The number of furan rings is 1. The predicted octanol–water partition coefficient (Wildman–Crippen LogP) is 16.7. The summed E-state index contributed by atoms with van der Waals surface area (Å²) in [7, 11) is 0. The summed E-state index contributed by atoms with van der Waals surface area (Å²) in [5.74, 6) is 0. The Kier molecular flexibility index (Phi) is 7.59. The molecular weight excluding hydrogens is 775 g/mol. The van der Waals surface area contributed by atoms with Gasteiger partial charge in [0.15, 0.2) is 0 Å². The predicted molar refractivity (Wildman–Crippen MR) is 266 cm³/mol. The van der Waals surface area contributed by atoms with Gasteiger partial charge in [-0.25, -0.2) is 0 Å². The molecule has 0 bridgehead atoms. The Morgan fingerprint density at radius 1 is 0.391 bits per heavy atom. The molecular formula is C62H47NO. The van der Waals surface area contributed by atoms with E-state index in [2.05, 4.69) is 228 Å². The van der Waals surface area contributed by atoms with Crippen LogP contribution < -0.4 is 4.90 Å². The molecule has 306 valence electrons. The molecule has 9 aromatic carbocycles. The van der Waals surface area contributed by atoms with Crippen molar-refractivity contribution in [3.05, 3.63) is 233 Å². The first-order valence-electron chi connectivity index (χ1n) is 22.7. The van der Waals surface area contributed by atoms with E-state index < -0.39 is 5.41 Å². The van der Waals surface area contributed by atoms with Crippen molar-refractivity contribution in [2.75, 3.05) is 4.90 Å². The molecule has 2 nitrogen and oxygen atoms in total. The number of anilines is 3. The van der Waals surface area contributed by atoms with Crippen molar-refractivity contribution < 1.29 is 4.42 Å². The van der Waals surface area contributed by atoms with Crippen molar-refractivity contribution in [2.45, 2.75) is 50.9 Å². The molecule has 0 aliphatic heterocycles. The van der Waals surface area contributed by atoms with Crippen molar-refractivity contribution in [1.29, 1.82) is 0 Å². The van der Waals surface area contributed by atoms with Crippen LogP contribution in [0.1, 0.15) is 73.6 Å². The minimum Gasteiger partial charge on any atom is -0.456 e. The summed E-state index contributed by atoms with van der Waals surface area (Å²) in [4.78, 5) is 2.43. The van der Waals surface area contributed by atoms with Crippen LogP contribution in [0.4, 0.5) is 17.1 Å². The summed E-state index contributed by atoms with van der Waals surface area (Å²) in [6.45, 7) is 11.7. The zero-order chi connectivity index (χ0) is 43.1. The Bertz CT molecular complexity index is 3560. The van der Waals surface area contributed by atoms with Gasteiger partial charge in [-0.3, -0.25) is 0 Å². The van der Waals surface area contributed by atoms with Crippen LogP contribution in [0.5, 0.6) is 0 Å². The molecule has 0 saturated carbocycles. The third kappa shape index (κ3) is 4.97. The molecule has 0 radical (unpaired) electrons. The van der Waals surface area contributed by atoms with E-state index >= 15 is 0 Å². The third-order valence-corrected chi connectivity index (χ3v) is 14.8. The van der Waals surface area contributed by atoms with Gasteiger partial charge in [0.1, 0.15) is 11.2 Å². The fourth-order valence-corrected chi connectivity index (χ4v) is 11.9. The molecule has 10 aromatic rings. The number of fused-ring (bicyclic) bond motifs is 16. The Labute approximate surface area is 375 Å². The normalized spacial score (nSPS) is 16.1. The van der Waals surface area contributed by atoms with Crippen molar-refractivity contribution in [3.63, 3.8) is 0 Å². The molecule has 1 atom stereocenters. The highest BCUT2D eigenvalue weighted by molar-refractivity contribution is 6.06. The van der Waals surface area contributed by atoms with Gasteiger partial charge in [0.05, 0.1) is 5.41 Å². The van der Waals surface area contributed by atoms with Crippen LogP contribution in [-0.4, -0.2) is 0 Å². The number of nitrogens with zero attached hydrogens (tertiary/aromatic N) is 1. The van der Waals surface area contributed by atoms with Crippen LogP contribution in [-0.2, 0) is 16.2 Å². The molecule has 0 N–H and O–H groups in total. The molecule has 1 aromatic heterocycles. The lowest BCUT2D eigenvalue weighted by Crippen LogP contribution is -2.27. The highest BCUT2D eigenvalue weighted by Crippen LogP contribution is 2.64. The average molecular weight is 822 g/mol. The van der Waals surface area contributed by atoms with Crippen LogP contribution in [0.3, 0.4) is 0 Å². The summed E-state index contributed by atoms with van der Waals surface area (Å²) in [6, 6.07) is 72.7. The van der Waals surface area contributed by atoms with Gasteiger partial charge < -0.3 is 9.32 Å². The number of para-hydroxylation sites is 1. The van der Waals surface area contributed by atoms with Crippen molar-refractivity contribution in [2.24, 2.45) is 0 Å². The molecule has 64 heavy (non-hydrogen) atoms. The van der Waals surface area contributed by atoms with Crippen molar-refractivity contribution in [3.8, 4) is 44.5 Å². The van der Waals surface area contributed by atoms with Crippen molar-refractivity contribution >= 4 is 39.0 Å². The van der Waals surface area contributed by atoms with E-state index in [1.807, 2.05) is 6.07 Å². The summed E-state index contributed by atoms with van der Waals surface area (Å²) in [5.41, 5.74) is 24.3. The van der Waals surface area contributed by atoms with Crippen LogP contribution in [0.15, 0.2) is 199 Å². The smallest absolute Gasteiger partial charge is 0.137 e. The fourth-order valence-electron chi connectivity index (χ4n) is 11.9. The molecule has 0 amide bonds. The minimum atomic E-state index is -0.481. The SMILES string of the molecule is CC(C)(C)c1ccc2c(c1)C1(c3ccccc3-c3ccc(N(c4ccc(-c5cccc6c5C(C)(C)c5ccccc5-6)cc4)c4ccc5c(c4)oc4ccccc45)cc31)c1ccccc1-2. The second-order valence-corrected chi connectivity index (χ2v) is 19.6. The minimum absolute atomic E-state index is 0.00832. The van der Waals surface area contributed by atoms with Crippen molar-refractivity contribution in [1.82, 2.24) is 0 Å². The summed E-state index contributed by atoms with van der Waals surface area (Å²) < 4.78 is 6.56. The highest BCUT2D eigenvalue weighted by Gasteiger charge is 2.52. The second kappa shape index (κ2) is 13.1. The maximum absolute atomic E-state index is 6.56. The van der Waals surface area contributed by atoms with Gasteiger partial charge in [0.2, 0.25) is 0 Å². The lowest BCUT2D eigenvalue weighted by atomic mass is 9.69. The fraction of sp³-hybridized carbons (Fsp3) is 0.129. The number of rotatable bonds is 4. The highest BCUT2D eigenvalue weighted by atomic mass is 16.3. The third-order valence-electron chi connectivity index (χ3n) is 14.8. The van der Waals surface area contributed by atoms with E-state index in [4.69, 9.17) is 4.42 Å². The van der Waals surface area contributed by atoms with Gasteiger partial charge in [0, 0.05) is 39.3 Å². The van der Waals surface area contributed by atoms with Gasteiger partial charge in [0.25, 0.3) is 0 Å². The van der Waals surface area contributed by atoms with Gasteiger partial charge in [-0.2, -0.15) is 0 Å². The van der Waals surface area contributed by atoms with Gasteiger partial charge >= 0.3 is 0 Å². The molecule has 3 aliphatic carbocycles. The lowest BCUT2D eigenvalue weighted by Gasteiger charge is -2.33. The summed E-state index contributed by atoms with van der Waals surface area (Å²) >= 11 is 0. The Morgan fingerprint density at radius 2 is 0.906 bits per heavy atom. The van der Waals surface area contributed by atoms with Gasteiger partial charge in [-0.15, -0.1) is 0 Å². The number of hydrogen-bond donors (Lipinski definition) is 0. The molecule has 0 fully saturated rings. The molecule has 1 unspecified atom stereocenters. The first-order valence-corrected chi connectivity index (χ1v) is 22.7. The van der Waals surface area contributed by atoms with Crippen LogP contribution in [0.25, 0.3) is 66.4 Å². The van der Waals surface area contributed by atoms with Crippen LogP contribution >= 0.6 is 0 Å². The van der Waals surface area contributed by atoms with E-state index in [1.54, 1.807) is 0 Å².